The van der Waals surface area contributed by atoms with Crippen LogP contribution in [0.25, 0.3) is 0 Å². The Bertz CT molecular complexity index is 487. The SMILES string of the molecule is COc1cncc(CCC(Br)c2ccccc2)c1. The first-order valence-electron chi connectivity index (χ1n) is 5.96. The second-order valence-electron chi connectivity index (χ2n) is 4.15. The topological polar surface area (TPSA) is 22.1 Å². The molecule has 2 aromatic rings. The summed E-state index contributed by atoms with van der Waals surface area (Å²) in [6, 6.07) is 12.5. The van der Waals surface area contributed by atoms with E-state index in [1.807, 2.05) is 18.3 Å². The molecule has 0 fully saturated rings. The first kappa shape index (κ1) is 13.1. The highest BCUT2D eigenvalue weighted by Crippen LogP contribution is 2.27. The lowest BCUT2D eigenvalue weighted by Crippen LogP contribution is -1.95. The Morgan fingerprint density at radius 3 is 2.72 bits per heavy atom. The predicted molar refractivity (Wildman–Crippen MR) is 77.2 cm³/mol. The summed E-state index contributed by atoms with van der Waals surface area (Å²) in [7, 11) is 1.66. The summed E-state index contributed by atoms with van der Waals surface area (Å²) < 4.78 is 5.17. The number of aromatic nitrogens is 1. The third-order valence-corrected chi connectivity index (χ3v) is 3.84. The van der Waals surface area contributed by atoms with Gasteiger partial charge in [0, 0.05) is 11.0 Å². The summed E-state index contributed by atoms with van der Waals surface area (Å²) in [5.41, 5.74) is 2.52. The van der Waals surface area contributed by atoms with Crippen LogP contribution in [0.4, 0.5) is 0 Å². The maximum atomic E-state index is 5.17. The summed E-state index contributed by atoms with van der Waals surface area (Å²) in [5, 5.41) is 0. The van der Waals surface area contributed by atoms with Gasteiger partial charge >= 0.3 is 0 Å². The highest BCUT2D eigenvalue weighted by molar-refractivity contribution is 9.09. The van der Waals surface area contributed by atoms with Crippen molar-refractivity contribution in [3.63, 3.8) is 0 Å². The molecular formula is C15H16BrNO. The van der Waals surface area contributed by atoms with Crippen molar-refractivity contribution in [2.75, 3.05) is 7.11 Å². The fourth-order valence-electron chi connectivity index (χ4n) is 1.83. The van der Waals surface area contributed by atoms with Crippen molar-refractivity contribution >= 4 is 15.9 Å². The molecule has 0 bridgehead atoms. The molecule has 1 aromatic heterocycles. The second-order valence-corrected chi connectivity index (χ2v) is 5.26. The molecule has 1 aromatic carbocycles. The Hall–Kier alpha value is -1.35. The molecule has 1 atom stereocenters. The monoisotopic (exact) mass is 305 g/mol. The minimum absolute atomic E-state index is 0.380. The lowest BCUT2D eigenvalue weighted by Gasteiger charge is -2.10. The van der Waals surface area contributed by atoms with Crippen molar-refractivity contribution in [2.45, 2.75) is 17.7 Å². The van der Waals surface area contributed by atoms with E-state index in [0.717, 1.165) is 18.6 Å². The number of benzene rings is 1. The van der Waals surface area contributed by atoms with Gasteiger partial charge in [0.25, 0.3) is 0 Å². The highest BCUT2D eigenvalue weighted by Gasteiger charge is 2.07. The number of methoxy groups -OCH3 is 1. The van der Waals surface area contributed by atoms with Gasteiger partial charge in [-0.15, -0.1) is 0 Å². The van der Waals surface area contributed by atoms with Gasteiger partial charge in [0.2, 0.25) is 0 Å². The van der Waals surface area contributed by atoms with E-state index in [4.69, 9.17) is 4.74 Å². The molecule has 2 rings (SSSR count). The molecule has 1 unspecified atom stereocenters. The summed E-state index contributed by atoms with van der Waals surface area (Å²) in [6.07, 6.45) is 5.65. The first-order chi connectivity index (χ1) is 8.79. The quantitative estimate of drug-likeness (QED) is 0.774. The number of aryl methyl sites for hydroxylation is 1. The molecule has 1 heterocycles. The number of rotatable bonds is 5. The Labute approximate surface area is 116 Å². The van der Waals surface area contributed by atoms with Crippen molar-refractivity contribution in [3.8, 4) is 5.75 Å². The number of alkyl halides is 1. The third-order valence-electron chi connectivity index (χ3n) is 2.85. The largest absolute Gasteiger partial charge is 0.495 e. The van der Waals surface area contributed by atoms with Crippen molar-refractivity contribution in [2.24, 2.45) is 0 Å². The van der Waals surface area contributed by atoms with Crippen LogP contribution in [0, 0.1) is 0 Å². The molecule has 0 aliphatic carbocycles. The number of hydrogen-bond acceptors (Lipinski definition) is 2. The number of halogens is 1. The summed E-state index contributed by atoms with van der Waals surface area (Å²) in [4.78, 5) is 4.55. The van der Waals surface area contributed by atoms with E-state index >= 15 is 0 Å². The molecule has 0 radical (unpaired) electrons. The van der Waals surface area contributed by atoms with Gasteiger partial charge in [0.05, 0.1) is 13.3 Å². The third kappa shape index (κ3) is 3.57. The van der Waals surface area contributed by atoms with E-state index in [0.29, 0.717) is 4.83 Å². The van der Waals surface area contributed by atoms with Gasteiger partial charge in [-0.05, 0) is 30.0 Å². The normalized spacial score (nSPS) is 12.1. The molecule has 0 aliphatic rings. The van der Waals surface area contributed by atoms with E-state index in [-0.39, 0.29) is 0 Å². The molecular weight excluding hydrogens is 290 g/mol. The van der Waals surface area contributed by atoms with Crippen LogP contribution >= 0.6 is 15.9 Å². The van der Waals surface area contributed by atoms with Crippen LogP contribution in [0.5, 0.6) is 5.75 Å². The first-order valence-corrected chi connectivity index (χ1v) is 6.88. The number of ether oxygens (including phenoxy) is 1. The molecule has 0 spiro atoms. The molecule has 2 nitrogen and oxygen atoms in total. The van der Waals surface area contributed by atoms with E-state index in [9.17, 15) is 0 Å². The van der Waals surface area contributed by atoms with Gasteiger partial charge in [0.1, 0.15) is 5.75 Å². The van der Waals surface area contributed by atoms with Crippen LogP contribution in [-0.4, -0.2) is 12.1 Å². The molecule has 0 aliphatic heterocycles. The molecule has 18 heavy (non-hydrogen) atoms. The molecule has 94 valence electrons. The van der Waals surface area contributed by atoms with Crippen LogP contribution < -0.4 is 4.74 Å². The standard InChI is InChI=1S/C15H16BrNO/c1-18-14-9-12(10-17-11-14)7-8-15(16)13-5-3-2-4-6-13/h2-6,9-11,15H,7-8H2,1H3. The highest BCUT2D eigenvalue weighted by atomic mass is 79.9. The van der Waals surface area contributed by atoms with Crippen LogP contribution in [0.2, 0.25) is 0 Å². The number of nitrogens with zero attached hydrogens (tertiary/aromatic N) is 1. The molecule has 0 saturated carbocycles. The minimum Gasteiger partial charge on any atom is -0.495 e. The van der Waals surface area contributed by atoms with E-state index in [1.165, 1.54) is 11.1 Å². The Balaban J connectivity index is 1.95. The average molecular weight is 306 g/mol. The minimum atomic E-state index is 0.380. The van der Waals surface area contributed by atoms with Crippen LogP contribution in [0.15, 0.2) is 48.8 Å². The van der Waals surface area contributed by atoms with Crippen LogP contribution in [-0.2, 0) is 6.42 Å². The van der Waals surface area contributed by atoms with Gasteiger partial charge in [-0.3, -0.25) is 4.98 Å². The molecule has 0 amide bonds. The Morgan fingerprint density at radius 2 is 2.00 bits per heavy atom. The van der Waals surface area contributed by atoms with Gasteiger partial charge in [0.15, 0.2) is 0 Å². The van der Waals surface area contributed by atoms with Gasteiger partial charge in [-0.1, -0.05) is 46.3 Å². The number of pyridine rings is 1. The van der Waals surface area contributed by atoms with Gasteiger partial charge in [-0.2, -0.15) is 0 Å². The second kappa shape index (κ2) is 6.55. The average Bonchev–Trinajstić information content (AvgIpc) is 2.46. The Kier molecular flexibility index (Phi) is 4.76. The van der Waals surface area contributed by atoms with Crippen molar-refractivity contribution in [3.05, 3.63) is 59.9 Å². The molecule has 0 saturated heterocycles. The van der Waals surface area contributed by atoms with Crippen molar-refractivity contribution in [1.29, 1.82) is 0 Å². The van der Waals surface area contributed by atoms with E-state index in [1.54, 1.807) is 13.3 Å². The van der Waals surface area contributed by atoms with Crippen molar-refractivity contribution in [1.82, 2.24) is 4.98 Å². The van der Waals surface area contributed by atoms with Gasteiger partial charge in [-0.25, -0.2) is 0 Å². The van der Waals surface area contributed by atoms with Crippen LogP contribution in [0.1, 0.15) is 22.4 Å². The van der Waals surface area contributed by atoms with Crippen LogP contribution in [0.3, 0.4) is 0 Å². The Morgan fingerprint density at radius 1 is 1.22 bits per heavy atom. The summed E-state index contributed by atoms with van der Waals surface area (Å²) in [5.74, 6) is 0.818. The summed E-state index contributed by atoms with van der Waals surface area (Å²) >= 11 is 3.73. The zero-order valence-electron chi connectivity index (χ0n) is 10.3. The maximum Gasteiger partial charge on any atom is 0.137 e. The maximum absolute atomic E-state index is 5.17. The fraction of sp³-hybridized carbons (Fsp3) is 0.267. The molecule has 0 N–H and O–H groups in total. The van der Waals surface area contributed by atoms with E-state index in [2.05, 4.69) is 45.2 Å². The van der Waals surface area contributed by atoms with Crippen molar-refractivity contribution < 1.29 is 4.74 Å². The van der Waals surface area contributed by atoms with Gasteiger partial charge < -0.3 is 4.74 Å². The zero-order chi connectivity index (χ0) is 12.8. The number of hydrogen-bond donors (Lipinski definition) is 0. The summed E-state index contributed by atoms with van der Waals surface area (Å²) in [6.45, 7) is 0. The molecule has 3 heteroatoms. The fourth-order valence-corrected chi connectivity index (χ4v) is 2.37. The zero-order valence-corrected chi connectivity index (χ0v) is 11.9. The van der Waals surface area contributed by atoms with E-state index < -0.39 is 0 Å². The smallest absolute Gasteiger partial charge is 0.137 e. The lowest BCUT2D eigenvalue weighted by atomic mass is 10.1. The predicted octanol–water partition coefficient (Wildman–Crippen LogP) is 4.16. The lowest BCUT2D eigenvalue weighted by molar-refractivity contribution is 0.412.